The first-order valence-electron chi connectivity index (χ1n) is 7.93. The third kappa shape index (κ3) is 2.76. The monoisotopic (exact) mass is 319 g/mol. The summed E-state index contributed by atoms with van der Waals surface area (Å²) in [7, 11) is 0. The second-order valence-corrected chi connectivity index (χ2v) is 5.75. The van der Waals surface area contributed by atoms with E-state index in [4.69, 9.17) is 4.42 Å². The highest BCUT2D eigenvalue weighted by molar-refractivity contribution is 5.91. The molecule has 3 aromatic rings. The third-order valence-electron chi connectivity index (χ3n) is 4.23. The maximum absolute atomic E-state index is 12.4. The number of hydrogen-bond acceptors (Lipinski definition) is 3. The lowest BCUT2D eigenvalue weighted by atomic mass is 10.0. The Morgan fingerprint density at radius 3 is 2.88 bits per heavy atom. The van der Waals surface area contributed by atoms with E-state index in [1.54, 1.807) is 24.5 Å². The molecule has 0 bridgehead atoms. The van der Waals surface area contributed by atoms with E-state index >= 15 is 0 Å². The molecule has 0 saturated heterocycles. The molecule has 3 heterocycles. The number of benzene rings is 1. The first-order chi connectivity index (χ1) is 11.8. The Kier molecular flexibility index (Phi) is 3.75. The average Bonchev–Trinajstić information content (AvgIpc) is 3.29. The van der Waals surface area contributed by atoms with Crippen LogP contribution >= 0.6 is 0 Å². The molecule has 0 radical (unpaired) electrons. The first-order valence-corrected chi connectivity index (χ1v) is 7.93. The van der Waals surface area contributed by atoms with E-state index < -0.39 is 0 Å². The molecule has 1 amide bonds. The van der Waals surface area contributed by atoms with Gasteiger partial charge in [-0.15, -0.1) is 0 Å². The molecule has 24 heavy (non-hydrogen) atoms. The van der Waals surface area contributed by atoms with Crippen molar-refractivity contribution < 1.29 is 9.21 Å². The van der Waals surface area contributed by atoms with Crippen LogP contribution in [-0.4, -0.2) is 27.5 Å². The molecule has 5 nitrogen and oxygen atoms in total. The van der Waals surface area contributed by atoms with Crippen molar-refractivity contribution >= 4 is 12.0 Å². The summed E-state index contributed by atoms with van der Waals surface area (Å²) < 4.78 is 5.22. The summed E-state index contributed by atoms with van der Waals surface area (Å²) in [6.07, 6.45) is 5.64. The minimum Gasteiger partial charge on any atom is -0.465 e. The summed E-state index contributed by atoms with van der Waals surface area (Å²) in [6, 6.07) is 13.7. The highest BCUT2D eigenvalue weighted by Gasteiger charge is 2.24. The minimum atomic E-state index is -0.0164. The zero-order chi connectivity index (χ0) is 16.4. The smallest absolute Gasteiger partial charge is 0.247 e. The van der Waals surface area contributed by atoms with Crippen LogP contribution in [0.25, 0.3) is 17.3 Å². The average molecular weight is 319 g/mol. The Balaban J connectivity index is 1.55. The van der Waals surface area contributed by atoms with Crippen molar-refractivity contribution in [3.63, 3.8) is 0 Å². The van der Waals surface area contributed by atoms with Gasteiger partial charge in [0.05, 0.1) is 12.0 Å². The Bertz CT molecular complexity index is 863. The van der Waals surface area contributed by atoms with Crippen LogP contribution in [0.2, 0.25) is 0 Å². The van der Waals surface area contributed by atoms with Crippen LogP contribution in [0, 0.1) is 0 Å². The van der Waals surface area contributed by atoms with Crippen LogP contribution in [0.3, 0.4) is 0 Å². The number of hydrogen-bond donors (Lipinski definition) is 1. The Hall–Kier alpha value is -3.08. The maximum Gasteiger partial charge on any atom is 0.247 e. The molecule has 120 valence electrons. The normalized spacial score (nSPS) is 14.1. The van der Waals surface area contributed by atoms with Crippen LogP contribution in [0.4, 0.5) is 0 Å². The van der Waals surface area contributed by atoms with E-state index in [9.17, 15) is 4.79 Å². The first kappa shape index (κ1) is 14.5. The SMILES string of the molecule is O=C(C=Cc1ccco1)N1CCc2[nH]nc(-c3ccccc3)c2C1. The molecule has 1 aliphatic heterocycles. The van der Waals surface area contributed by atoms with Crippen LogP contribution in [-0.2, 0) is 17.8 Å². The van der Waals surface area contributed by atoms with Gasteiger partial charge in [0.2, 0.25) is 5.91 Å². The topological polar surface area (TPSA) is 62.1 Å². The van der Waals surface area contributed by atoms with Gasteiger partial charge in [0.25, 0.3) is 0 Å². The van der Waals surface area contributed by atoms with Gasteiger partial charge in [-0.25, -0.2) is 0 Å². The molecular weight excluding hydrogens is 302 g/mol. The molecule has 2 aromatic heterocycles. The number of rotatable bonds is 3. The summed E-state index contributed by atoms with van der Waals surface area (Å²) in [5.74, 6) is 0.659. The molecule has 1 aliphatic rings. The second kappa shape index (κ2) is 6.20. The zero-order valence-corrected chi connectivity index (χ0v) is 13.1. The van der Waals surface area contributed by atoms with E-state index in [1.165, 1.54) is 0 Å². The Morgan fingerprint density at radius 1 is 1.21 bits per heavy atom. The second-order valence-electron chi connectivity index (χ2n) is 5.75. The van der Waals surface area contributed by atoms with Crippen LogP contribution in [0.15, 0.2) is 59.2 Å². The number of carbonyl (C=O) groups excluding carboxylic acids is 1. The van der Waals surface area contributed by atoms with Gasteiger partial charge < -0.3 is 9.32 Å². The van der Waals surface area contributed by atoms with Crippen LogP contribution in [0.1, 0.15) is 17.0 Å². The molecule has 4 rings (SSSR count). The van der Waals surface area contributed by atoms with Gasteiger partial charge in [0, 0.05) is 42.4 Å². The summed E-state index contributed by atoms with van der Waals surface area (Å²) in [5.41, 5.74) is 4.22. The number of nitrogens with zero attached hydrogens (tertiary/aromatic N) is 2. The number of fused-ring (bicyclic) bond motifs is 1. The molecule has 0 saturated carbocycles. The zero-order valence-electron chi connectivity index (χ0n) is 13.1. The van der Waals surface area contributed by atoms with Gasteiger partial charge in [-0.1, -0.05) is 30.3 Å². The highest BCUT2D eigenvalue weighted by atomic mass is 16.3. The predicted molar refractivity (Wildman–Crippen MR) is 90.9 cm³/mol. The number of aromatic nitrogens is 2. The number of H-pyrrole nitrogens is 1. The number of carbonyl (C=O) groups is 1. The van der Waals surface area contributed by atoms with Crippen molar-refractivity contribution in [2.45, 2.75) is 13.0 Å². The van der Waals surface area contributed by atoms with Crippen molar-refractivity contribution in [2.75, 3.05) is 6.54 Å². The molecule has 0 unspecified atom stereocenters. The van der Waals surface area contributed by atoms with Crippen molar-refractivity contribution in [1.82, 2.24) is 15.1 Å². The number of aromatic amines is 1. The molecule has 1 N–H and O–H groups in total. The summed E-state index contributed by atoms with van der Waals surface area (Å²) in [4.78, 5) is 14.3. The molecule has 0 spiro atoms. The third-order valence-corrected chi connectivity index (χ3v) is 4.23. The predicted octanol–water partition coefficient (Wildman–Crippen LogP) is 3.27. The van der Waals surface area contributed by atoms with Crippen molar-refractivity contribution in [2.24, 2.45) is 0 Å². The van der Waals surface area contributed by atoms with E-state index in [2.05, 4.69) is 10.2 Å². The van der Waals surface area contributed by atoms with Crippen molar-refractivity contribution in [3.05, 3.63) is 71.8 Å². The molecule has 1 aromatic carbocycles. The number of amides is 1. The molecule has 0 atom stereocenters. The Labute approximate surface area is 139 Å². The maximum atomic E-state index is 12.4. The van der Waals surface area contributed by atoms with Gasteiger partial charge in [0.15, 0.2) is 0 Å². The van der Waals surface area contributed by atoms with E-state index in [0.717, 1.165) is 28.9 Å². The fourth-order valence-corrected chi connectivity index (χ4v) is 2.96. The Morgan fingerprint density at radius 2 is 2.08 bits per heavy atom. The molecular formula is C19H17N3O2. The minimum absolute atomic E-state index is 0.0164. The van der Waals surface area contributed by atoms with Crippen molar-refractivity contribution in [1.29, 1.82) is 0 Å². The lowest BCUT2D eigenvalue weighted by molar-refractivity contribution is -0.126. The quantitative estimate of drug-likeness (QED) is 0.754. The standard InChI is InChI=1S/C19H17N3O2/c23-18(9-8-15-7-4-12-24-15)22-11-10-17-16(13-22)19(21-20-17)14-5-2-1-3-6-14/h1-9,12H,10-11,13H2,(H,20,21). The van der Waals surface area contributed by atoms with Crippen LogP contribution in [0.5, 0.6) is 0 Å². The van der Waals surface area contributed by atoms with Gasteiger partial charge in [-0.3, -0.25) is 9.89 Å². The van der Waals surface area contributed by atoms with Gasteiger partial charge in [0.1, 0.15) is 5.76 Å². The van der Waals surface area contributed by atoms with E-state index in [1.807, 2.05) is 41.3 Å². The van der Waals surface area contributed by atoms with Crippen LogP contribution < -0.4 is 0 Å². The number of nitrogens with one attached hydrogen (secondary N) is 1. The fourth-order valence-electron chi connectivity index (χ4n) is 2.96. The molecule has 0 fully saturated rings. The van der Waals surface area contributed by atoms with Gasteiger partial charge in [-0.05, 0) is 18.2 Å². The summed E-state index contributed by atoms with van der Waals surface area (Å²) >= 11 is 0. The fraction of sp³-hybridized carbons (Fsp3) is 0.158. The lowest BCUT2D eigenvalue weighted by Gasteiger charge is -2.26. The van der Waals surface area contributed by atoms with E-state index in [-0.39, 0.29) is 5.91 Å². The van der Waals surface area contributed by atoms with Crippen molar-refractivity contribution in [3.8, 4) is 11.3 Å². The molecule has 5 heteroatoms. The van der Waals surface area contributed by atoms with Gasteiger partial charge >= 0.3 is 0 Å². The van der Waals surface area contributed by atoms with Gasteiger partial charge in [-0.2, -0.15) is 5.10 Å². The number of furan rings is 1. The molecule has 0 aliphatic carbocycles. The highest BCUT2D eigenvalue weighted by Crippen LogP contribution is 2.28. The van der Waals surface area contributed by atoms with E-state index in [0.29, 0.717) is 18.8 Å². The summed E-state index contributed by atoms with van der Waals surface area (Å²) in [5, 5.41) is 7.57. The largest absolute Gasteiger partial charge is 0.465 e. The summed E-state index contributed by atoms with van der Waals surface area (Å²) in [6.45, 7) is 1.25. The lowest BCUT2D eigenvalue weighted by Crippen LogP contribution is -2.34.